The van der Waals surface area contributed by atoms with E-state index in [9.17, 15) is 56.2 Å². The van der Waals surface area contributed by atoms with Gasteiger partial charge in [0.2, 0.25) is 0 Å². The quantitative estimate of drug-likeness (QED) is 0.154. The molecule has 200 valence electrons. The first-order chi connectivity index (χ1) is 16.0. The van der Waals surface area contributed by atoms with Gasteiger partial charge in [0.05, 0.1) is 19.8 Å². The molecule has 0 aromatic rings. The summed E-state index contributed by atoms with van der Waals surface area (Å²) in [5.41, 5.74) is 0. The molecular formula is C18H32O16. The van der Waals surface area contributed by atoms with Crippen molar-refractivity contribution in [2.45, 2.75) is 92.1 Å². The molecule has 0 spiro atoms. The Balaban J connectivity index is 1.72. The van der Waals surface area contributed by atoms with Crippen LogP contribution >= 0.6 is 0 Å². The molecule has 16 nitrogen and oxygen atoms in total. The van der Waals surface area contributed by atoms with Crippen molar-refractivity contribution in [1.82, 2.24) is 0 Å². The minimum absolute atomic E-state index is 0.741. The summed E-state index contributed by atoms with van der Waals surface area (Å²) in [5.74, 6) is 0. The Morgan fingerprint density at radius 3 is 1.35 bits per heavy atom. The van der Waals surface area contributed by atoms with Gasteiger partial charge in [0.15, 0.2) is 18.9 Å². The third-order valence-electron chi connectivity index (χ3n) is 6.09. The Morgan fingerprint density at radius 1 is 0.441 bits per heavy atom. The van der Waals surface area contributed by atoms with Crippen molar-refractivity contribution in [3.05, 3.63) is 0 Å². The van der Waals surface area contributed by atoms with Crippen molar-refractivity contribution < 1.29 is 79.9 Å². The van der Waals surface area contributed by atoms with E-state index in [4.69, 9.17) is 23.7 Å². The van der Waals surface area contributed by atoms with E-state index in [-0.39, 0.29) is 0 Å². The maximum Gasteiger partial charge on any atom is 0.187 e. The summed E-state index contributed by atoms with van der Waals surface area (Å²) in [6.07, 6.45) is -25.1. The third-order valence-corrected chi connectivity index (χ3v) is 6.09. The van der Waals surface area contributed by atoms with Gasteiger partial charge in [0.1, 0.15) is 73.2 Å². The predicted octanol–water partition coefficient (Wildman–Crippen LogP) is -7.57. The van der Waals surface area contributed by atoms with Crippen LogP contribution in [0.25, 0.3) is 0 Å². The molecule has 3 saturated heterocycles. The lowest BCUT2D eigenvalue weighted by molar-refractivity contribution is -0.377. The largest absolute Gasteiger partial charge is 0.394 e. The van der Waals surface area contributed by atoms with Crippen LogP contribution in [0.4, 0.5) is 0 Å². The fraction of sp³-hybridized carbons (Fsp3) is 1.00. The van der Waals surface area contributed by atoms with E-state index in [0.717, 1.165) is 0 Å². The molecule has 3 aliphatic rings. The zero-order chi connectivity index (χ0) is 25.3. The minimum atomic E-state index is -1.91. The molecule has 15 atom stereocenters. The number of aliphatic hydroxyl groups excluding tert-OH is 11. The van der Waals surface area contributed by atoms with Gasteiger partial charge in [-0.25, -0.2) is 0 Å². The molecule has 0 unspecified atom stereocenters. The van der Waals surface area contributed by atoms with Crippen LogP contribution in [0, 0.1) is 0 Å². The second-order valence-electron chi connectivity index (χ2n) is 8.33. The standard InChI is InChI=1S/C18H32O16/c19-1-4-7(22)8(23)12(27)17(31-4)34-15-6(3-21)32-18(13(28)10(15)25)33-14-5(2-20)30-16(29)11(26)9(14)24/h4-29H,1-3H2/t4-,5-,6-,7-,8+,9-,10-,11+,12-,13-,14-,15-,16+,17+,18+/m1/s1. The lowest BCUT2D eigenvalue weighted by Crippen LogP contribution is -2.66. The Morgan fingerprint density at radius 2 is 0.853 bits per heavy atom. The van der Waals surface area contributed by atoms with E-state index in [2.05, 4.69) is 0 Å². The molecule has 3 fully saturated rings. The SMILES string of the molecule is OC[C@H]1O[C@@H](O[C@H]2[C@H](O)[C@@H](O)[C@H](O[C@H]3[C@H](O)[C@H](O)[C@@H](O)O[C@@H]3CO)O[C@@H]2CO)[C@H](O)[C@@H](O)[C@@H]1O. The lowest BCUT2D eigenvalue weighted by atomic mass is 9.96. The molecular weight excluding hydrogens is 472 g/mol. The van der Waals surface area contributed by atoms with Crippen LogP contribution in [0.5, 0.6) is 0 Å². The molecule has 34 heavy (non-hydrogen) atoms. The smallest absolute Gasteiger partial charge is 0.187 e. The molecule has 3 rings (SSSR count). The van der Waals surface area contributed by atoms with Crippen LogP contribution in [0.2, 0.25) is 0 Å². The maximum atomic E-state index is 10.6. The lowest BCUT2D eigenvalue weighted by Gasteiger charge is -2.47. The Hall–Kier alpha value is -0.640. The fourth-order valence-corrected chi connectivity index (χ4v) is 4.06. The Kier molecular flexibility index (Phi) is 9.54. The normalized spacial score (nSPS) is 52.5. The van der Waals surface area contributed by atoms with Crippen molar-refractivity contribution in [2.24, 2.45) is 0 Å². The summed E-state index contributed by atoms with van der Waals surface area (Å²) in [7, 11) is 0. The van der Waals surface area contributed by atoms with Crippen molar-refractivity contribution >= 4 is 0 Å². The second-order valence-corrected chi connectivity index (χ2v) is 8.33. The highest BCUT2D eigenvalue weighted by molar-refractivity contribution is 4.96. The predicted molar refractivity (Wildman–Crippen MR) is 101 cm³/mol. The Bertz CT molecular complexity index is 635. The molecule has 0 amide bonds. The van der Waals surface area contributed by atoms with Gasteiger partial charge < -0.3 is 79.9 Å². The van der Waals surface area contributed by atoms with E-state index in [1.54, 1.807) is 0 Å². The molecule has 3 heterocycles. The van der Waals surface area contributed by atoms with Gasteiger partial charge in [-0.15, -0.1) is 0 Å². The highest BCUT2D eigenvalue weighted by Gasteiger charge is 2.53. The summed E-state index contributed by atoms with van der Waals surface area (Å²) in [4.78, 5) is 0. The van der Waals surface area contributed by atoms with Crippen LogP contribution in [0.3, 0.4) is 0 Å². The van der Waals surface area contributed by atoms with E-state index < -0.39 is 112 Å². The first-order valence-corrected chi connectivity index (χ1v) is 10.6. The molecule has 0 bridgehead atoms. The number of hydrogen-bond acceptors (Lipinski definition) is 16. The van der Waals surface area contributed by atoms with E-state index in [0.29, 0.717) is 0 Å². The number of ether oxygens (including phenoxy) is 5. The van der Waals surface area contributed by atoms with Crippen molar-refractivity contribution in [3.8, 4) is 0 Å². The van der Waals surface area contributed by atoms with Crippen LogP contribution in [0.15, 0.2) is 0 Å². The van der Waals surface area contributed by atoms with Crippen molar-refractivity contribution in [1.29, 1.82) is 0 Å². The molecule has 0 aromatic carbocycles. The number of hydrogen-bond donors (Lipinski definition) is 11. The number of aliphatic hydroxyl groups is 11. The van der Waals surface area contributed by atoms with Gasteiger partial charge in [0, 0.05) is 0 Å². The second kappa shape index (κ2) is 11.6. The zero-order valence-corrected chi connectivity index (χ0v) is 17.7. The van der Waals surface area contributed by atoms with Gasteiger partial charge in [-0.3, -0.25) is 0 Å². The number of rotatable bonds is 7. The van der Waals surface area contributed by atoms with Crippen LogP contribution < -0.4 is 0 Å². The molecule has 3 aliphatic heterocycles. The van der Waals surface area contributed by atoms with Crippen LogP contribution in [-0.4, -0.2) is 168 Å². The first-order valence-electron chi connectivity index (χ1n) is 10.6. The van der Waals surface area contributed by atoms with Crippen molar-refractivity contribution in [2.75, 3.05) is 19.8 Å². The topological polar surface area (TPSA) is 269 Å². The molecule has 11 N–H and O–H groups in total. The minimum Gasteiger partial charge on any atom is -0.394 e. The average molecular weight is 504 g/mol. The summed E-state index contributed by atoms with van der Waals surface area (Å²) in [5, 5.41) is 109. The van der Waals surface area contributed by atoms with E-state index in [1.165, 1.54) is 0 Å². The van der Waals surface area contributed by atoms with Crippen molar-refractivity contribution in [3.63, 3.8) is 0 Å². The van der Waals surface area contributed by atoms with Gasteiger partial charge in [-0.1, -0.05) is 0 Å². The first kappa shape index (κ1) is 27.9. The summed E-state index contributed by atoms with van der Waals surface area (Å²) in [6, 6.07) is 0. The molecule has 0 aliphatic carbocycles. The molecule has 0 saturated carbocycles. The average Bonchev–Trinajstić information content (AvgIpc) is 2.83. The monoisotopic (exact) mass is 504 g/mol. The maximum absolute atomic E-state index is 10.6. The Labute approximate surface area is 192 Å². The zero-order valence-electron chi connectivity index (χ0n) is 17.7. The van der Waals surface area contributed by atoms with Crippen LogP contribution in [-0.2, 0) is 23.7 Å². The van der Waals surface area contributed by atoms with Gasteiger partial charge in [-0.2, -0.15) is 0 Å². The van der Waals surface area contributed by atoms with Gasteiger partial charge >= 0.3 is 0 Å². The third kappa shape index (κ3) is 5.37. The fourth-order valence-electron chi connectivity index (χ4n) is 4.06. The highest BCUT2D eigenvalue weighted by Crippen LogP contribution is 2.32. The van der Waals surface area contributed by atoms with Gasteiger partial charge in [-0.05, 0) is 0 Å². The molecule has 0 radical (unpaired) electrons. The summed E-state index contributed by atoms with van der Waals surface area (Å²) in [6.45, 7) is -2.32. The summed E-state index contributed by atoms with van der Waals surface area (Å²) < 4.78 is 26.4. The summed E-state index contributed by atoms with van der Waals surface area (Å²) >= 11 is 0. The van der Waals surface area contributed by atoms with E-state index >= 15 is 0 Å². The molecule has 16 heteroatoms. The molecule has 0 aromatic heterocycles. The van der Waals surface area contributed by atoms with E-state index in [1.807, 2.05) is 0 Å². The highest BCUT2D eigenvalue weighted by atomic mass is 16.8. The van der Waals surface area contributed by atoms with Crippen LogP contribution in [0.1, 0.15) is 0 Å². The van der Waals surface area contributed by atoms with Gasteiger partial charge in [0.25, 0.3) is 0 Å².